The Kier molecular flexibility index (Phi) is 3.57. The van der Waals surface area contributed by atoms with E-state index in [1.54, 1.807) is 11.3 Å². The van der Waals surface area contributed by atoms with E-state index in [0.717, 1.165) is 16.9 Å². The summed E-state index contributed by atoms with van der Waals surface area (Å²) in [4.78, 5) is 16.7. The molecule has 2 aromatic rings. The molecule has 1 saturated carbocycles. The first kappa shape index (κ1) is 14.3. The van der Waals surface area contributed by atoms with Crippen LogP contribution >= 0.6 is 11.3 Å². The van der Waals surface area contributed by atoms with Crippen LogP contribution in [0.1, 0.15) is 44.5 Å². The lowest BCUT2D eigenvalue weighted by Gasteiger charge is -2.17. The Morgan fingerprint density at radius 3 is 2.48 bits per heavy atom. The molecule has 0 aliphatic heterocycles. The summed E-state index contributed by atoms with van der Waals surface area (Å²) in [6, 6.07) is 7.91. The molecule has 3 rings (SSSR count). The lowest BCUT2D eigenvalue weighted by Crippen LogP contribution is -2.27. The van der Waals surface area contributed by atoms with Gasteiger partial charge in [0.05, 0.1) is 10.7 Å². The van der Waals surface area contributed by atoms with Crippen molar-refractivity contribution in [1.82, 2.24) is 4.98 Å². The maximum atomic E-state index is 12.0. The second-order valence-corrected chi connectivity index (χ2v) is 7.52. The minimum atomic E-state index is -0.382. The average Bonchev–Trinajstić information content (AvgIpc) is 3.17. The molecule has 1 amide bonds. The fourth-order valence-electron chi connectivity index (χ4n) is 1.98. The molecule has 1 N–H and O–H groups in total. The van der Waals surface area contributed by atoms with Crippen molar-refractivity contribution in [3.05, 3.63) is 34.7 Å². The van der Waals surface area contributed by atoms with Gasteiger partial charge in [0.15, 0.2) is 0 Å². The first-order valence-corrected chi connectivity index (χ1v) is 8.19. The number of carbonyl (C=O) groups excluding carboxylic acids is 1. The molecule has 0 bridgehead atoms. The number of rotatable bonds is 3. The van der Waals surface area contributed by atoms with Crippen LogP contribution in [0.25, 0.3) is 11.3 Å². The van der Waals surface area contributed by atoms with Gasteiger partial charge in [0.1, 0.15) is 0 Å². The van der Waals surface area contributed by atoms with E-state index in [-0.39, 0.29) is 11.3 Å². The van der Waals surface area contributed by atoms with Crippen LogP contribution in [0.3, 0.4) is 0 Å². The number of carbonyl (C=O) groups is 1. The number of nitrogens with zero attached hydrogens (tertiary/aromatic N) is 1. The zero-order chi connectivity index (χ0) is 15.0. The molecule has 0 saturated heterocycles. The molecular formula is C17H20N2OS. The van der Waals surface area contributed by atoms with Crippen molar-refractivity contribution < 1.29 is 4.79 Å². The van der Waals surface area contributed by atoms with Crippen LogP contribution in [0.15, 0.2) is 29.6 Å². The second-order valence-electron chi connectivity index (χ2n) is 6.63. The van der Waals surface area contributed by atoms with E-state index < -0.39 is 0 Å². The fraction of sp³-hybridized carbons (Fsp3) is 0.412. The van der Waals surface area contributed by atoms with Crippen molar-refractivity contribution in [3.63, 3.8) is 0 Å². The Morgan fingerprint density at radius 2 is 1.90 bits per heavy atom. The normalized spacial score (nSPS) is 15.0. The highest BCUT2D eigenvalue weighted by Crippen LogP contribution is 2.42. The molecule has 3 nitrogen and oxygen atoms in total. The van der Waals surface area contributed by atoms with Gasteiger partial charge < -0.3 is 5.32 Å². The van der Waals surface area contributed by atoms with Crippen LogP contribution in [-0.4, -0.2) is 10.9 Å². The zero-order valence-electron chi connectivity index (χ0n) is 12.6. The number of aromatic nitrogens is 1. The van der Waals surface area contributed by atoms with Gasteiger partial charge in [0, 0.05) is 28.0 Å². The Labute approximate surface area is 129 Å². The quantitative estimate of drug-likeness (QED) is 0.894. The van der Waals surface area contributed by atoms with E-state index >= 15 is 0 Å². The van der Waals surface area contributed by atoms with E-state index in [0.29, 0.717) is 5.92 Å². The third-order valence-electron chi connectivity index (χ3n) is 3.57. The van der Waals surface area contributed by atoms with E-state index in [1.165, 1.54) is 17.8 Å². The Balaban J connectivity index is 1.72. The number of hydrogen-bond acceptors (Lipinski definition) is 3. The summed E-state index contributed by atoms with van der Waals surface area (Å²) in [7, 11) is 0. The summed E-state index contributed by atoms with van der Waals surface area (Å²) >= 11 is 1.75. The molecule has 1 aliphatic rings. The van der Waals surface area contributed by atoms with Gasteiger partial charge in [-0.1, -0.05) is 32.9 Å². The Bertz CT molecular complexity index is 648. The molecule has 0 unspecified atom stereocenters. The monoisotopic (exact) mass is 300 g/mol. The highest BCUT2D eigenvalue weighted by Gasteiger charge is 2.26. The van der Waals surface area contributed by atoms with Gasteiger partial charge >= 0.3 is 0 Å². The molecular weight excluding hydrogens is 280 g/mol. The first-order chi connectivity index (χ1) is 9.93. The topological polar surface area (TPSA) is 42.0 Å². The lowest BCUT2D eigenvalue weighted by molar-refractivity contribution is -0.123. The third-order valence-corrected chi connectivity index (χ3v) is 4.58. The molecule has 1 heterocycles. The van der Waals surface area contributed by atoms with Gasteiger partial charge in [-0.3, -0.25) is 4.79 Å². The van der Waals surface area contributed by atoms with Crippen LogP contribution in [0.4, 0.5) is 5.69 Å². The van der Waals surface area contributed by atoms with Crippen molar-refractivity contribution in [2.24, 2.45) is 5.41 Å². The fourth-order valence-corrected chi connectivity index (χ4v) is 2.98. The lowest BCUT2D eigenvalue weighted by atomic mass is 9.95. The molecule has 21 heavy (non-hydrogen) atoms. The highest BCUT2D eigenvalue weighted by molar-refractivity contribution is 7.10. The van der Waals surface area contributed by atoms with E-state index in [2.05, 4.69) is 10.7 Å². The molecule has 0 radical (unpaired) electrons. The third kappa shape index (κ3) is 3.32. The van der Waals surface area contributed by atoms with Crippen LogP contribution in [-0.2, 0) is 4.79 Å². The summed E-state index contributed by atoms with van der Waals surface area (Å²) < 4.78 is 0. The van der Waals surface area contributed by atoms with Crippen LogP contribution < -0.4 is 5.32 Å². The number of benzene rings is 1. The first-order valence-electron chi connectivity index (χ1n) is 7.31. The van der Waals surface area contributed by atoms with Crippen molar-refractivity contribution in [2.75, 3.05) is 5.32 Å². The standard InChI is InChI=1S/C17H20N2OS/c1-17(2,3)16(20)18-13-8-6-11(7-9-13)14-10-21-15(19-14)12-4-5-12/h6-10,12H,4-5H2,1-3H3,(H,18,20). The summed E-state index contributed by atoms with van der Waals surface area (Å²) in [6.45, 7) is 5.72. The summed E-state index contributed by atoms with van der Waals surface area (Å²) in [5.74, 6) is 0.731. The average molecular weight is 300 g/mol. The minimum Gasteiger partial charge on any atom is -0.326 e. The molecule has 0 atom stereocenters. The van der Waals surface area contributed by atoms with Gasteiger partial charge in [0.2, 0.25) is 5.91 Å². The molecule has 0 spiro atoms. The molecule has 4 heteroatoms. The van der Waals surface area contributed by atoms with Gasteiger partial charge in [0.25, 0.3) is 0 Å². The summed E-state index contributed by atoms with van der Waals surface area (Å²) in [5.41, 5.74) is 2.59. The zero-order valence-corrected chi connectivity index (χ0v) is 13.5. The largest absolute Gasteiger partial charge is 0.326 e. The number of amides is 1. The van der Waals surface area contributed by atoms with Crippen LogP contribution in [0, 0.1) is 5.41 Å². The van der Waals surface area contributed by atoms with Crippen LogP contribution in [0.2, 0.25) is 0 Å². The van der Waals surface area contributed by atoms with Gasteiger partial charge in [-0.05, 0) is 25.0 Å². The molecule has 110 valence electrons. The van der Waals surface area contributed by atoms with Gasteiger partial charge in [-0.25, -0.2) is 4.98 Å². The van der Waals surface area contributed by atoms with Crippen molar-refractivity contribution in [3.8, 4) is 11.3 Å². The van der Waals surface area contributed by atoms with E-state index in [9.17, 15) is 4.79 Å². The highest BCUT2D eigenvalue weighted by atomic mass is 32.1. The number of anilines is 1. The predicted molar refractivity (Wildman–Crippen MR) is 87.6 cm³/mol. The Morgan fingerprint density at radius 1 is 1.24 bits per heavy atom. The Hall–Kier alpha value is -1.68. The number of hydrogen-bond donors (Lipinski definition) is 1. The SMILES string of the molecule is CC(C)(C)C(=O)Nc1ccc(-c2csc(C3CC3)n2)cc1. The van der Waals surface area contributed by atoms with Gasteiger partial charge in [-0.15, -0.1) is 11.3 Å². The number of thiazole rings is 1. The summed E-state index contributed by atoms with van der Waals surface area (Å²) in [5, 5.41) is 6.32. The van der Waals surface area contributed by atoms with Crippen molar-refractivity contribution in [1.29, 1.82) is 0 Å². The second kappa shape index (κ2) is 5.26. The molecule has 1 aromatic heterocycles. The number of nitrogens with one attached hydrogen (secondary N) is 1. The molecule has 1 aliphatic carbocycles. The van der Waals surface area contributed by atoms with Crippen molar-refractivity contribution in [2.45, 2.75) is 39.5 Å². The minimum absolute atomic E-state index is 0.0277. The van der Waals surface area contributed by atoms with E-state index in [4.69, 9.17) is 4.98 Å². The maximum Gasteiger partial charge on any atom is 0.229 e. The van der Waals surface area contributed by atoms with Crippen LogP contribution in [0.5, 0.6) is 0 Å². The predicted octanol–water partition coefficient (Wildman–Crippen LogP) is 4.67. The van der Waals surface area contributed by atoms with Gasteiger partial charge in [-0.2, -0.15) is 0 Å². The maximum absolute atomic E-state index is 12.0. The van der Waals surface area contributed by atoms with Crippen molar-refractivity contribution >= 4 is 22.9 Å². The smallest absolute Gasteiger partial charge is 0.229 e. The molecule has 1 aromatic carbocycles. The molecule has 1 fully saturated rings. The summed E-state index contributed by atoms with van der Waals surface area (Å²) in [6.07, 6.45) is 2.56. The van der Waals surface area contributed by atoms with E-state index in [1.807, 2.05) is 45.0 Å².